The zero-order valence-corrected chi connectivity index (χ0v) is 60.8. The highest BCUT2D eigenvalue weighted by Gasteiger charge is 2.26. The second-order valence-corrected chi connectivity index (χ2v) is 35.7. The van der Waals surface area contributed by atoms with Crippen LogP contribution in [0.4, 0.5) is 0 Å². The van der Waals surface area contributed by atoms with Crippen LogP contribution in [0.2, 0.25) is 0 Å². The molecule has 0 spiro atoms. The van der Waals surface area contributed by atoms with Gasteiger partial charge in [-0.25, -0.2) is 8.42 Å². The lowest BCUT2D eigenvalue weighted by Gasteiger charge is -2.28. The first-order valence-electron chi connectivity index (χ1n) is 34.8. The maximum Gasteiger partial charge on any atom is 0.152 e. The van der Waals surface area contributed by atoms with Crippen molar-refractivity contribution < 1.29 is 12.6 Å². The van der Waals surface area contributed by atoms with Gasteiger partial charge in [-0.15, -0.1) is 11.8 Å². The van der Waals surface area contributed by atoms with Gasteiger partial charge in [0.1, 0.15) is 0 Å². The molecule has 0 aromatic heterocycles. The molecule has 0 amide bonds. The lowest BCUT2D eigenvalue weighted by molar-refractivity contribution is 0.237. The summed E-state index contributed by atoms with van der Waals surface area (Å²) < 4.78 is 33.8. The molecule has 7 aliphatic heterocycles. The number of nitrogens with zero attached hydrogens (tertiary/aromatic N) is 7. The maximum absolute atomic E-state index is 11.6. The normalized spacial score (nSPS) is 25.6. The van der Waals surface area contributed by atoms with Crippen LogP contribution >= 0.6 is 11.8 Å². The average molecular weight is 1220 g/mol. The third-order valence-electron chi connectivity index (χ3n) is 18.3. The van der Waals surface area contributed by atoms with Gasteiger partial charge < -0.3 is 29.4 Å². The van der Waals surface area contributed by atoms with Crippen LogP contribution in [0.25, 0.3) is 0 Å². The highest BCUT2D eigenvalue weighted by molar-refractivity contribution is 8.00. The largest absolute Gasteiger partial charge is 0.303 e. The van der Waals surface area contributed by atoms with E-state index in [0.717, 1.165) is 109 Å². The minimum atomic E-state index is -2.70. The first kappa shape index (κ1) is 80.1. The van der Waals surface area contributed by atoms with Crippen LogP contribution in [0, 0.1) is 41.4 Å². The predicted octanol–water partition coefficient (Wildman–Crippen LogP) is 14.7. The summed E-state index contributed by atoms with van der Waals surface area (Å²) in [4.78, 5) is 17.5. The van der Waals surface area contributed by atoms with Gasteiger partial charge in [0.15, 0.2) is 9.84 Å². The van der Waals surface area contributed by atoms with Gasteiger partial charge in [0, 0.05) is 74.1 Å². The number of hydrogen-bond acceptors (Lipinski definition) is 11. The van der Waals surface area contributed by atoms with E-state index in [-0.39, 0.29) is 0 Å². The van der Waals surface area contributed by atoms with Gasteiger partial charge in [-0.1, -0.05) is 111 Å². The summed E-state index contributed by atoms with van der Waals surface area (Å²) >= 11 is 2.08. The van der Waals surface area contributed by atoms with Crippen molar-refractivity contribution in [3.8, 4) is 0 Å². The van der Waals surface area contributed by atoms with Crippen LogP contribution in [-0.2, 0) is 19.4 Å². The molecule has 13 heteroatoms. The Bertz CT molecular complexity index is 1690. The molecule has 0 bridgehead atoms. The first-order valence-corrected chi connectivity index (χ1v) is 39.7. The van der Waals surface area contributed by atoms with Gasteiger partial charge in [0.05, 0.1) is 16.9 Å². The molecule has 82 heavy (non-hydrogen) atoms. The van der Waals surface area contributed by atoms with E-state index in [1.807, 2.05) is 0 Å². The highest BCUT2D eigenvalue weighted by atomic mass is 32.2. The fraction of sp³-hybridized carbons (Fsp3) is 0.986. The van der Waals surface area contributed by atoms with Gasteiger partial charge in [-0.05, 0) is 252 Å². The van der Waals surface area contributed by atoms with E-state index in [1.54, 1.807) is 0 Å². The van der Waals surface area contributed by atoms with Gasteiger partial charge in [-0.2, -0.15) is 0 Å². The topological polar surface area (TPSA) is 73.9 Å². The van der Waals surface area contributed by atoms with Crippen LogP contribution in [0.15, 0.2) is 0 Å². The lowest BCUT2D eigenvalue weighted by atomic mass is 10.0. The van der Waals surface area contributed by atoms with Crippen molar-refractivity contribution in [2.45, 2.75) is 263 Å². The van der Waals surface area contributed by atoms with E-state index in [4.69, 9.17) is 0 Å². The highest BCUT2D eigenvalue weighted by Crippen LogP contribution is 2.26. The van der Waals surface area contributed by atoms with Crippen molar-refractivity contribution in [1.82, 2.24) is 34.3 Å². The molecule has 0 saturated carbocycles. The third-order valence-corrected chi connectivity index (χ3v) is 23.0. The minimum Gasteiger partial charge on any atom is -0.303 e. The number of thioether (sulfide) groups is 1. The van der Waals surface area contributed by atoms with Crippen LogP contribution in [0.5, 0.6) is 0 Å². The molecule has 0 aromatic rings. The molecule has 7 saturated heterocycles. The molecular formula is C69H145N7O3S3. The zero-order valence-electron chi connectivity index (χ0n) is 58.4. The summed E-state index contributed by atoms with van der Waals surface area (Å²) in [6, 6.07) is 3.61. The van der Waals surface area contributed by atoms with E-state index >= 15 is 0 Å². The second kappa shape index (κ2) is 45.3. The van der Waals surface area contributed by atoms with Crippen LogP contribution in [0.3, 0.4) is 0 Å². The summed E-state index contributed by atoms with van der Waals surface area (Å²) in [5, 5.41) is 0.772. The van der Waals surface area contributed by atoms with Crippen molar-refractivity contribution in [3.63, 3.8) is 0 Å². The molecule has 10 nitrogen and oxygen atoms in total. The molecule has 0 aliphatic carbocycles. The Balaban J connectivity index is 0.000000479. The van der Waals surface area contributed by atoms with Gasteiger partial charge in [0.2, 0.25) is 0 Å². The molecule has 7 fully saturated rings. The molecule has 7 aliphatic rings. The number of sulfone groups is 1. The number of likely N-dealkylation sites (tertiary alicyclic amines) is 4. The summed E-state index contributed by atoms with van der Waals surface area (Å²) in [5.74, 6) is 13.3. The predicted molar refractivity (Wildman–Crippen MR) is 372 cm³/mol. The average Bonchev–Trinajstić information content (AvgIpc) is 4.28. The van der Waals surface area contributed by atoms with Crippen molar-refractivity contribution in [2.75, 3.05) is 134 Å². The van der Waals surface area contributed by atoms with Crippen molar-refractivity contribution in [3.05, 3.63) is 0 Å². The molecular weight excluding hydrogens is 1070 g/mol. The standard InChI is InChI=1S/C11H23NOS.C11H23N.2C10H21N.C9H19NO2S.C9H19NS.C9H19N/c1-11(2)5-4-6-12-7-9-14(3,13)10-8-12;1-4-12-9-5-6-11(12)8-7-10(2)3;1-9(2)6-7-10-5-4-8-11(10)3;1-4-11-7-5-6-10(11)8-9(2)3;1-9(2)3-4-10-5-7-13(11,12)8-6-10;1-8(2)4-5-10-6-7-11-9(10)3;1-8(2)7-9-5-4-6-10(9)3/h11H,3-10H2,1-2H3;10-11H,4-9H2,1-3H3;2*9-10H,4-8H2,1-3H3;9H,3-8H2,1-2H3;8-9H,4-7H2,1-3H3;8-9H,4-7H2,1-3H3. The number of rotatable bonds is 22. The minimum absolute atomic E-state index is 0.352. The molecule has 5 unspecified atom stereocenters. The van der Waals surface area contributed by atoms with E-state index in [9.17, 15) is 12.6 Å². The smallest absolute Gasteiger partial charge is 0.152 e. The van der Waals surface area contributed by atoms with Crippen molar-refractivity contribution in [1.29, 1.82) is 0 Å². The Labute approximate surface area is 519 Å². The molecule has 0 aromatic carbocycles. The maximum atomic E-state index is 11.6. The summed E-state index contributed by atoms with van der Waals surface area (Å²) in [7, 11) is 0.117. The Kier molecular flexibility index (Phi) is 44.2. The number of hydrogen-bond donors (Lipinski definition) is 0. The lowest BCUT2D eigenvalue weighted by Crippen LogP contribution is -2.40. The van der Waals surface area contributed by atoms with Crippen molar-refractivity contribution in [2.24, 2.45) is 41.4 Å². The second-order valence-electron chi connectivity index (χ2n) is 29.2. The molecule has 5 atom stereocenters. The van der Waals surface area contributed by atoms with E-state index in [2.05, 4.69) is 184 Å². The molecule has 7 heterocycles. The Morgan fingerprint density at radius 1 is 0.439 bits per heavy atom. The first-order chi connectivity index (χ1) is 38.6. The van der Waals surface area contributed by atoms with Crippen LogP contribution in [0.1, 0.15) is 233 Å². The summed E-state index contributed by atoms with van der Waals surface area (Å²) in [6.45, 7) is 55.0. The zero-order chi connectivity index (χ0) is 61.8. The summed E-state index contributed by atoms with van der Waals surface area (Å²) in [5.41, 5.74) is 0. The van der Waals surface area contributed by atoms with E-state index in [1.165, 1.54) is 180 Å². The SMILES string of the molecule is C=S1(=O)CCN(CCCC(C)C)CC1.CC(C)CC1CCCN1C.CC(C)CCC1CCCN1C.CC(C)CCN1CCS(=O)(=O)CC1.CC(C)CCN1CCSC1C.CCN1CCCC1CC(C)C.CCN1CCCC1CCC(C)C. The van der Waals surface area contributed by atoms with Crippen LogP contribution < -0.4 is 0 Å². The van der Waals surface area contributed by atoms with E-state index < -0.39 is 19.4 Å². The quantitative estimate of drug-likeness (QED) is 0.0973. The van der Waals surface area contributed by atoms with E-state index in [0.29, 0.717) is 17.4 Å². The Morgan fingerprint density at radius 3 is 1.28 bits per heavy atom. The van der Waals surface area contributed by atoms with Gasteiger partial charge in [-0.3, -0.25) is 9.11 Å². The van der Waals surface area contributed by atoms with Gasteiger partial charge in [0.25, 0.3) is 0 Å². The molecule has 492 valence electrons. The molecule has 0 N–H and O–H groups in total. The third kappa shape index (κ3) is 39.8. The van der Waals surface area contributed by atoms with Crippen LogP contribution in [-0.4, -0.2) is 217 Å². The van der Waals surface area contributed by atoms with Gasteiger partial charge >= 0.3 is 0 Å². The van der Waals surface area contributed by atoms with Crippen molar-refractivity contribution >= 4 is 37.0 Å². The fourth-order valence-electron chi connectivity index (χ4n) is 12.5. The Hall–Kier alpha value is 0.0400. The fourth-order valence-corrected chi connectivity index (χ4v) is 16.3. The summed E-state index contributed by atoms with van der Waals surface area (Å²) in [6.07, 6.45) is 24.9. The molecule has 7 rings (SSSR count). The molecule has 0 radical (unpaired) electrons. The monoisotopic (exact) mass is 1220 g/mol. The Morgan fingerprint density at radius 2 is 0.841 bits per heavy atom.